The molecule has 0 aliphatic carbocycles. The Morgan fingerprint density at radius 3 is 3.12 bits per heavy atom. The Hall–Kier alpha value is -1.03. The number of aliphatic hydroxyl groups is 1. The van der Waals surface area contributed by atoms with Crippen LogP contribution in [0.15, 0.2) is 18.7 Å². The molecule has 1 aromatic rings. The minimum Gasteiger partial charge on any atom is -0.384 e. The van der Waals surface area contributed by atoms with Crippen LogP contribution < -0.4 is 4.84 Å². The zero-order chi connectivity index (χ0) is 5.82. The van der Waals surface area contributed by atoms with Gasteiger partial charge in [0.25, 0.3) is 0 Å². The third-order valence-corrected chi connectivity index (χ3v) is 0.687. The van der Waals surface area contributed by atoms with E-state index in [-0.39, 0.29) is 6.79 Å². The summed E-state index contributed by atoms with van der Waals surface area (Å²) in [6.07, 6.45) is 4.61. The van der Waals surface area contributed by atoms with Crippen molar-refractivity contribution in [3.8, 4) is 0 Å². The molecule has 1 N–H and O–H groups in total. The molecular formula is C4H6N2O2. The zero-order valence-corrected chi connectivity index (χ0v) is 4.19. The van der Waals surface area contributed by atoms with E-state index in [4.69, 9.17) is 5.11 Å². The summed E-state index contributed by atoms with van der Waals surface area (Å²) >= 11 is 0. The summed E-state index contributed by atoms with van der Waals surface area (Å²) in [5.74, 6) is 0. The van der Waals surface area contributed by atoms with E-state index in [1.807, 2.05) is 0 Å². The van der Waals surface area contributed by atoms with E-state index < -0.39 is 0 Å². The Kier molecular flexibility index (Phi) is 1.48. The van der Waals surface area contributed by atoms with Gasteiger partial charge in [-0.05, 0) is 0 Å². The summed E-state index contributed by atoms with van der Waals surface area (Å²) in [5.41, 5.74) is 0. The fourth-order valence-electron chi connectivity index (χ4n) is 0.390. The number of rotatable bonds is 2. The van der Waals surface area contributed by atoms with Crippen molar-refractivity contribution in [1.29, 1.82) is 0 Å². The van der Waals surface area contributed by atoms with Crippen molar-refractivity contribution in [3.63, 3.8) is 0 Å². The maximum absolute atomic E-state index is 8.17. The third-order valence-electron chi connectivity index (χ3n) is 0.687. The van der Waals surface area contributed by atoms with Crippen molar-refractivity contribution in [2.24, 2.45) is 0 Å². The molecule has 4 nitrogen and oxygen atoms in total. The summed E-state index contributed by atoms with van der Waals surface area (Å²) in [6.45, 7) is -0.323. The molecule has 0 aliphatic rings. The van der Waals surface area contributed by atoms with E-state index in [2.05, 4.69) is 9.82 Å². The van der Waals surface area contributed by atoms with Gasteiger partial charge in [0, 0.05) is 6.20 Å². The lowest BCUT2D eigenvalue weighted by molar-refractivity contribution is -0.0117. The molecule has 0 saturated heterocycles. The molecule has 0 radical (unpaired) electrons. The molecule has 0 bridgehead atoms. The number of aliphatic hydroxyl groups excluding tert-OH is 1. The molecule has 0 atom stereocenters. The maximum atomic E-state index is 8.17. The summed E-state index contributed by atoms with van der Waals surface area (Å²) in [5, 5.41) is 8.17. The number of hydrogen-bond donors (Lipinski definition) is 1. The van der Waals surface area contributed by atoms with Gasteiger partial charge >= 0.3 is 0 Å². The van der Waals surface area contributed by atoms with Crippen molar-refractivity contribution >= 4 is 0 Å². The lowest BCUT2D eigenvalue weighted by atomic mass is 11.0. The Morgan fingerprint density at radius 2 is 2.62 bits per heavy atom. The first-order valence-electron chi connectivity index (χ1n) is 2.15. The third kappa shape index (κ3) is 0.974. The van der Waals surface area contributed by atoms with Gasteiger partial charge < -0.3 is 9.94 Å². The highest BCUT2D eigenvalue weighted by atomic mass is 16.7. The predicted molar refractivity (Wildman–Crippen MR) is 25.9 cm³/mol. The molecule has 0 amide bonds. The molecular weight excluding hydrogens is 108 g/mol. The minimum absolute atomic E-state index is 0.323. The molecule has 0 aromatic carbocycles. The van der Waals surface area contributed by atoms with Gasteiger partial charge in [-0.3, -0.25) is 0 Å². The Labute approximate surface area is 46.3 Å². The highest BCUT2D eigenvalue weighted by Gasteiger charge is 1.81. The van der Waals surface area contributed by atoms with E-state index in [9.17, 15) is 0 Å². The maximum Gasteiger partial charge on any atom is 0.212 e. The smallest absolute Gasteiger partial charge is 0.212 e. The van der Waals surface area contributed by atoms with Crippen LogP contribution in [-0.4, -0.2) is 21.6 Å². The van der Waals surface area contributed by atoms with Gasteiger partial charge in [-0.15, -0.1) is 0 Å². The molecule has 44 valence electrons. The average molecular weight is 114 g/mol. The fourth-order valence-corrected chi connectivity index (χ4v) is 0.390. The number of nitrogens with zero attached hydrogens (tertiary/aromatic N) is 2. The number of hydrogen-bond acceptors (Lipinski definition) is 3. The molecule has 0 fully saturated rings. The predicted octanol–water partition coefficient (Wildman–Crippen LogP) is -0.739. The molecule has 1 heterocycles. The minimum atomic E-state index is -0.323. The molecule has 0 saturated carbocycles. The van der Waals surface area contributed by atoms with Gasteiger partial charge in [-0.2, -0.15) is 4.73 Å². The van der Waals surface area contributed by atoms with Crippen LogP contribution in [0.1, 0.15) is 0 Å². The van der Waals surface area contributed by atoms with Crippen molar-refractivity contribution in [2.75, 3.05) is 6.79 Å². The van der Waals surface area contributed by atoms with Crippen molar-refractivity contribution in [1.82, 2.24) is 9.71 Å². The number of imidazole rings is 1. The Bertz CT molecular complexity index is 138. The van der Waals surface area contributed by atoms with Crippen LogP contribution in [0.3, 0.4) is 0 Å². The zero-order valence-electron chi connectivity index (χ0n) is 4.19. The van der Waals surface area contributed by atoms with Gasteiger partial charge in [-0.25, -0.2) is 4.98 Å². The number of aromatic nitrogens is 2. The van der Waals surface area contributed by atoms with Crippen molar-refractivity contribution in [2.45, 2.75) is 0 Å². The van der Waals surface area contributed by atoms with Crippen LogP contribution in [0, 0.1) is 0 Å². The summed E-state index contributed by atoms with van der Waals surface area (Å²) < 4.78 is 1.32. The van der Waals surface area contributed by atoms with Crippen LogP contribution in [0.5, 0.6) is 0 Å². The van der Waals surface area contributed by atoms with Crippen LogP contribution in [-0.2, 0) is 0 Å². The summed E-state index contributed by atoms with van der Waals surface area (Å²) in [4.78, 5) is 8.22. The molecule has 8 heavy (non-hydrogen) atoms. The van der Waals surface area contributed by atoms with Crippen LogP contribution in [0.25, 0.3) is 0 Å². The van der Waals surface area contributed by atoms with Gasteiger partial charge in [0.1, 0.15) is 6.33 Å². The van der Waals surface area contributed by atoms with E-state index in [1.54, 1.807) is 12.4 Å². The summed E-state index contributed by atoms with van der Waals surface area (Å²) in [7, 11) is 0. The molecule has 0 aliphatic heterocycles. The molecule has 4 heteroatoms. The largest absolute Gasteiger partial charge is 0.384 e. The SMILES string of the molecule is OCOn1ccnc1. The van der Waals surface area contributed by atoms with Gasteiger partial charge in [-0.1, -0.05) is 0 Å². The first-order valence-corrected chi connectivity index (χ1v) is 2.15. The van der Waals surface area contributed by atoms with E-state index in [1.165, 1.54) is 11.1 Å². The second kappa shape index (κ2) is 2.32. The quantitative estimate of drug-likeness (QED) is 0.515. The van der Waals surface area contributed by atoms with E-state index in [0.717, 1.165) is 0 Å². The first kappa shape index (κ1) is 5.11. The highest BCUT2D eigenvalue weighted by molar-refractivity contribution is 4.69. The fraction of sp³-hybridized carbons (Fsp3) is 0.250. The molecule has 1 aromatic heterocycles. The first-order chi connectivity index (χ1) is 3.93. The molecule has 0 unspecified atom stereocenters. The van der Waals surface area contributed by atoms with Crippen LogP contribution >= 0.6 is 0 Å². The standard InChI is InChI=1S/C4H6N2O2/c7-4-8-6-2-1-5-3-6/h1-3,7H,4H2. The average Bonchev–Trinajstić information content (AvgIpc) is 2.19. The van der Waals surface area contributed by atoms with Gasteiger partial charge in [0.2, 0.25) is 6.79 Å². The van der Waals surface area contributed by atoms with Crippen LogP contribution in [0.2, 0.25) is 0 Å². The lowest BCUT2D eigenvalue weighted by Crippen LogP contribution is -2.09. The van der Waals surface area contributed by atoms with E-state index in [0.29, 0.717) is 0 Å². The normalized spacial score (nSPS) is 9.12. The Balaban J connectivity index is 2.50. The second-order valence-electron chi connectivity index (χ2n) is 1.18. The Morgan fingerprint density at radius 1 is 1.75 bits per heavy atom. The monoisotopic (exact) mass is 114 g/mol. The van der Waals surface area contributed by atoms with E-state index >= 15 is 0 Å². The second-order valence-corrected chi connectivity index (χ2v) is 1.18. The topological polar surface area (TPSA) is 47.3 Å². The molecule has 0 spiro atoms. The van der Waals surface area contributed by atoms with Crippen molar-refractivity contribution in [3.05, 3.63) is 18.7 Å². The lowest BCUT2D eigenvalue weighted by Gasteiger charge is -1.97. The molecule has 1 rings (SSSR count). The van der Waals surface area contributed by atoms with Crippen LogP contribution in [0.4, 0.5) is 0 Å². The van der Waals surface area contributed by atoms with Crippen molar-refractivity contribution < 1.29 is 9.94 Å². The van der Waals surface area contributed by atoms with Gasteiger partial charge in [0.15, 0.2) is 0 Å². The van der Waals surface area contributed by atoms with Gasteiger partial charge in [0.05, 0.1) is 6.20 Å². The summed E-state index contributed by atoms with van der Waals surface area (Å²) in [6, 6.07) is 0. The highest BCUT2D eigenvalue weighted by Crippen LogP contribution is 1.77.